The molecule has 2 aromatic carbocycles. The Morgan fingerprint density at radius 3 is 2.29 bits per heavy atom. The van der Waals surface area contributed by atoms with Crippen LogP contribution in [0.2, 0.25) is 0 Å². The lowest BCUT2D eigenvalue weighted by molar-refractivity contribution is 0.433. The van der Waals surface area contributed by atoms with E-state index >= 15 is 0 Å². The van der Waals surface area contributed by atoms with Crippen LogP contribution in [0.5, 0.6) is 0 Å². The maximum Gasteiger partial charge on any atom is 0.319 e. The summed E-state index contributed by atoms with van der Waals surface area (Å²) < 4.78 is 4.83. The number of nitrogens with one attached hydrogen (secondary N) is 1. The van der Waals surface area contributed by atoms with Gasteiger partial charge in [-0.1, -0.05) is 53.7 Å². The summed E-state index contributed by atoms with van der Waals surface area (Å²) >= 11 is 0. The summed E-state index contributed by atoms with van der Waals surface area (Å²) in [7, 11) is 0. The minimum atomic E-state index is 0.00772. The second kappa shape index (κ2) is 5.87. The van der Waals surface area contributed by atoms with Crippen molar-refractivity contribution in [2.45, 2.75) is 0 Å². The van der Waals surface area contributed by atoms with Gasteiger partial charge in [-0.15, -0.1) is 0 Å². The maximum absolute atomic E-state index is 5.49. The quantitative estimate of drug-likeness (QED) is 0.565. The van der Waals surface area contributed by atoms with Gasteiger partial charge in [-0.25, -0.2) is 0 Å². The largest absolute Gasteiger partial charge is 0.351 e. The van der Waals surface area contributed by atoms with Gasteiger partial charge in [0, 0.05) is 5.56 Å². The number of nitrogen functional groups attached to an aromatic ring is 1. The highest BCUT2D eigenvalue weighted by molar-refractivity contribution is 6.10. The monoisotopic (exact) mass is 279 g/mol. The highest BCUT2D eigenvalue weighted by atomic mass is 16.5. The molecule has 0 aliphatic rings. The Hall–Kier alpha value is -3.15. The molecule has 6 heteroatoms. The number of anilines is 2. The number of rotatable bonds is 4. The van der Waals surface area contributed by atoms with Crippen LogP contribution in [0.3, 0.4) is 0 Å². The molecule has 0 fully saturated rings. The lowest BCUT2D eigenvalue weighted by Gasteiger charge is -2.04. The summed E-state index contributed by atoms with van der Waals surface area (Å²) in [5, 5.41) is 8.20. The van der Waals surface area contributed by atoms with E-state index < -0.39 is 0 Å². The van der Waals surface area contributed by atoms with E-state index in [0.29, 0.717) is 11.5 Å². The molecule has 0 bridgehead atoms. The number of aromatic nitrogens is 2. The van der Waals surface area contributed by atoms with Crippen LogP contribution < -0.4 is 11.2 Å². The van der Waals surface area contributed by atoms with Crippen LogP contribution >= 0.6 is 0 Å². The van der Waals surface area contributed by atoms with Crippen LogP contribution in [0, 0.1) is 0 Å². The zero-order chi connectivity index (χ0) is 14.5. The number of nitrogens with zero attached hydrogens (tertiary/aromatic N) is 3. The van der Waals surface area contributed by atoms with Gasteiger partial charge in [0.25, 0.3) is 0 Å². The van der Waals surface area contributed by atoms with Crippen molar-refractivity contribution in [1.82, 2.24) is 10.1 Å². The van der Waals surface area contributed by atoms with Gasteiger partial charge in [0.05, 0.1) is 5.69 Å². The molecule has 0 unspecified atom stereocenters. The fourth-order valence-corrected chi connectivity index (χ4v) is 1.80. The average Bonchev–Trinajstić information content (AvgIpc) is 2.96. The molecule has 21 heavy (non-hydrogen) atoms. The summed E-state index contributed by atoms with van der Waals surface area (Å²) in [5.74, 6) is 0.335. The predicted octanol–water partition coefficient (Wildman–Crippen LogP) is 2.52. The fraction of sp³-hybridized carbons (Fsp3) is 0. The first-order valence-electron chi connectivity index (χ1n) is 6.36. The smallest absolute Gasteiger partial charge is 0.319 e. The molecule has 3 aromatic rings. The van der Waals surface area contributed by atoms with Crippen LogP contribution in [0.1, 0.15) is 11.4 Å². The van der Waals surface area contributed by atoms with E-state index in [1.165, 1.54) is 0 Å². The number of hydrogen-bond acceptors (Lipinski definition) is 6. The molecular formula is C15H13N5O. The molecule has 0 aliphatic heterocycles. The van der Waals surface area contributed by atoms with Gasteiger partial charge in [0.1, 0.15) is 5.71 Å². The first-order valence-corrected chi connectivity index (χ1v) is 6.36. The van der Waals surface area contributed by atoms with Crippen molar-refractivity contribution < 1.29 is 4.52 Å². The molecular weight excluding hydrogens is 266 g/mol. The Balaban J connectivity index is 1.96. The van der Waals surface area contributed by atoms with Gasteiger partial charge in [0.2, 0.25) is 5.82 Å². The lowest BCUT2D eigenvalue weighted by atomic mass is 10.1. The minimum Gasteiger partial charge on any atom is -0.351 e. The molecule has 0 radical (unpaired) electrons. The molecule has 0 spiro atoms. The molecule has 6 nitrogen and oxygen atoms in total. The van der Waals surface area contributed by atoms with E-state index in [2.05, 4.69) is 20.7 Å². The SMILES string of the molecule is Nc1nc(/C(=N/Nc2ccccc2)c2ccccc2)no1. The highest BCUT2D eigenvalue weighted by Gasteiger charge is 2.13. The van der Waals surface area contributed by atoms with Crippen molar-refractivity contribution in [2.75, 3.05) is 11.2 Å². The first kappa shape index (κ1) is 12.9. The summed E-state index contributed by atoms with van der Waals surface area (Å²) in [6.07, 6.45) is 0. The Labute approximate surface area is 121 Å². The third kappa shape index (κ3) is 3.06. The van der Waals surface area contributed by atoms with Gasteiger partial charge in [-0.3, -0.25) is 5.43 Å². The third-order valence-electron chi connectivity index (χ3n) is 2.77. The zero-order valence-electron chi connectivity index (χ0n) is 11.1. The van der Waals surface area contributed by atoms with Crippen LogP contribution in [0.15, 0.2) is 70.3 Å². The Kier molecular flexibility index (Phi) is 3.60. The second-order valence-corrected chi connectivity index (χ2v) is 4.26. The van der Waals surface area contributed by atoms with Crippen molar-refractivity contribution in [3.63, 3.8) is 0 Å². The second-order valence-electron chi connectivity index (χ2n) is 4.26. The zero-order valence-corrected chi connectivity index (χ0v) is 11.1. The number of hydrogen-bond donors (Lipinski definition) is 2. The Morgan fingerprint density at radius 1 is 1.00 bits per heavy atom. The summed E-state index contributed by atoms with van der Waals surface area (Å²) in [4.78, 5) is 4.03. The van der Waals surface area contributed by atoms with E-state index in [4.69, 9.17) is 10.3 Å². The maximum atomic E-state index is 5.49. The van der Waals surface area contributed by atoms with Crippen LogP contribution in [-0.4, -0.2) is 15.9 Å². The number of para-hydroxylation sites is 1. The fourth-order valence-electron chi connectivity index (χ4n) is 1.80. The van der Waals surface area contributed by atoms with Crippen LogP contribution in [0.4, 0.5) is 11.7 Å². The van der Waals surface area contributed by atoms with E-state index in [-0.39, 0.29) is 6.01 Å². The van der Waals surface area contributed by atoms with Gasteiger partial charge in [-0.2, -0.15) is 10.1 Å². The van der Waals surface area contributed by atoms with Gasteiger partial charge >= 0.3 is 6.01 Å². The highest BCUT2D eigenvalue weighted by Crippen LogP contribution is 2.11. The number of nitrogens with two attached hydrogens (primary N) is 1. The van der Waals surface area contributed by atoms with E-state index in [1.54, 1.807) is 0 Å². The van der Waals surface area contributed by atoms with Crippen molar-refractivity contribution in [3.05, 3.63) is 72.1 Å². The molecule has 104 valence electrons. The normalized spacial score (nSPS) is 11.3. The molecule has 0 atom stereocenters. The molecule has 3 rings (SSSR count). The molecule has 0 saturated heterocycles. The molecule has 1 aromatic heterocycles. The summed E-state index contributed by atoms with van der Waals surface area (Å²) in [6, 6.07) is 19.2. The van der Waals surface area contributed by atoms with E-state index in [9.17, 15) is 0 Å². The molecule has 0 saturated carbocycles. The summed E-state index contributed by atoms with van der Waals surface area (Å²) in [6.45, 7) is 0. The number of benzene rings is 2. The average molecular weight is 279 g/mol. The van der Waals surface area contributed by atoms with Crippen molar-refractivity contribution in [2.24, 2.45) is 5.10 Å². The van der Waals surface area contributed by atoms with Gasteiger partial charge < -0.3 is 10.3 Å². The third-order valence-corrected chi connectivity index (χ3v) is 2.77. The van der Waals surface area contributed by atoms with E-state index in [1.807, 2.05) is 60.7 Å². The Morgan fingerprint density at radius 2 is 1.67 bits per heavy atom. The molecule has 0 amide bonds. The van der Waals surface area contributed by atoms with Gasteiger partial charge in [-0.05, 0) is 12.1 Å². The van der Waals surface area contributed by atoms with Crippen LogP contribution in [0.25, 0.3) is 0 Å². The lowest BCUT2D eigenvalue weighted by Crippen LogP contribution is -2.08. The van der Waals surface area contributed by atoms with Crippen LogP contribution in [-0.2, 0) is 0 Å². The van der Waals surface area contributed by atoms with Crippen molar-refractivity contribution >= 4 is 17.4 Å². The molecule has 1 heterocycles. The Bertz CT molecular complexity index is 737. The predicted molar refractivity (Wildman–Crippen MR) is 80.9 cm³/mol. The van der Waals surface area contributed by atoms with E-state index in [0.717, 1.165) is 11.3 Å². The number of hydrazone groups is 1. The molecule has 0 aliphatic carbocycles. The first-order chi connectivity index (χ1) is 10.3. The topological polar surface area (TPSA) is 89.3 Å². The minimum absolute atomic E-state index is 0.00772. The van der Waals surface area contributed by atoms with Crippen molar-refractivity contribution in [1.29, 1.82) is 0 Å². The molecule has 3 N–H and O–H groups in total. The van der Waals surface area contributed by atoms with Crippen molar-refractivity contribution in [3.8, 4) is 0 Å². The van der Waals surface area contributed by atoms with Gasteiger partial charge in [0.15, 0.2) is 0 Å². The standard InChI is InChI=1S/C15H13N5O/c16-15-17-14(20-21-15)13(11-7-3-1-4-8-11)19-18-12-9-5-2-6-10-12/h1-10,18H,(H2,16,17,20)/b19-13+. The summed E-state index contributed by atoms with van der Waals surface area (Å²) in [5.41, 5.74) is 10.7.